The van der Waals surface area contributed by atoms with Crippen LogP contribution >= 0.6 is 0 Å². The first-order chi connectivity index (χ1) is 9.19. The molecule has 0 saturated carbocycles. The molecule has 2 unspecified atom stereocenters. The zero-order valence-electron chi connectivity index (χ0n) is 13.5. The topological polar surface area (TPSA) is 43.4 Å². The van der Waals surface area contributed by atoms with Gasteiger partial charge in [-0.15, -0.1) is 0 Å². The molecule has 1 rings (SSSR count). The Bertz CT molecular complexity index is 390. The molecule has 0 heterocycles. The van der Waals surface area contributed by atoms with Gasteiger partial charge in [-0.05, 0) is 31.8 Å². The number of hydrogen-bond acceptors (Lipinski definition) is 3. The van der Waals surface area contributed by atoms with E-state index < -0.39 is 0 Å². The number of carbonyl (C=O) groups excluding carboxylic acids is 2. The second kappa shape index (κ2) is 6.55. The van der Waals surface area contributed by atoms with Gasteiger partial charge in [0.1, 0.15) is 11.9 Å². The fraction of sp³-hybridized carbons (Fsp3) is 0.765. The Labute approximate surface area is 122 Å². The number of ketones is 1. The smallest absolute Gasteiger partial charge is 0.306 e. The minimum absolute atomic E-state index is 0.128. The van der Waals surface area contributed by atoms with E-state index in [1.165, 1.54) is 0 Å². The van der Waals surface area contributed by atoms with Gasteiger partial charge < -0.3 is 4.74 Å². The van der Waals surface area contributed by atoms with Crippen LogP contribution in [0.4, 0.5) is 0 Å². The maximum atomic E-state index is 12.6. The summed E-state index contributed by atoms with van der Waals surface area (Å²) in [6, 6.07) is 0. The molecule has 0 N–H and O–H groups in total. The molecule has 0 fully saturated rings. The van der Waals surface area contributed by atoms with Crippen molar-refractivity contribution in [3.63, 3.8) is 0 Å². The lowest BCUT2D eigenvalue weighted by Gasteiger charge is -2.35. The molecule has 0 radical (unpaired) electrons. The van der Waals surface area contributed by atoms with Crippen LogP contribution in [-0.4, -0.2) is 17.9 Å². The summed E-state index contributed by atoms with van der Waals surface area (Å²) in [7, 11) is 0. The molecule has 0 amide bonds. The van der Waals surface area contributed by atoms with E-state index >= 15 is 0 Å². The molecule has 3 nitrogen and oxygen atoms in total. The Hall–Kier alpha value is -1.12. The number of carbonyl (C=O) groups is 2. The van der Waals surface area contributed by atoms with Crippen LogP contribution in [0.25, 0.3) is 0 Å². The Morgan fingerprint density at radius 2 is 2.00 bits per heavy atom. The van der Waals surface area contributed by atoms with Crippen molar-refractivity contribution >= 4 is 11.8 Å². The van der Waals surface area contributed by atoms with Crippen LogP contribution in [0.5, 0.6) is 0 Å². The third kappa shape index (κ3) is 4.46. The van der Waals surface area contributed by atoms with E-state index in [1.54, 1.807) is 6.92 Å². The van der Waals surface area contributed by atoms with E-state index in [2.05, 4.69) is 6.92 Å². The zero-order chi connectivity index (χ0) is 15.4. The van der Waals surface area contributed by atoms with Crippen molar-refractivity contribution in [3.05, 3.63) is 12.2 Å². The number of ether oxygens (including phenoxy) is 1. The summed E-state index contributed by atoms with van der Waals surface area (Å²) in [4.78, 5) is 23.9. The normalized spacial score (nSPS) is 29.1. The lowest BCUT2D eigenvalue weighted by molar-refractivity contribution is -0.147. The second-order valence-corrected chi connectivity index (χ2v) is 7.05. The van der Waals surface area contributed by atoms with Gasteiger partial charge in [0.25, 0.3) is 0 Å². The maximum Gasteiger partial charge on any atom is 0.306 e. The molecule has 0 aromatic heterocycles. The van der Waals surface area contributed by atoms with Crippen LogP contribution in [0.2, 0.25) is 0 Å². The van der Waals surface area contributed by atoms with Crippen molar-refractivity contribution in [2.45, 2.75) is 72.8 Å². The standard InChI is InChI=1S/C17H28O3/c1-6-14(18)20-13-9-7-11-17(5,12-8-10-13)15(19)16(2,3)4/h7,9,13H,6,8,10-12H2,1-5H3/b9-7+. The number of rotatable bonds is 3. The van der Waals surface area contributed by atoms with Crippen molar-refractivity contribution in [2.75, 3.05) is 0 Å². The molecular weight excluding hydrogens is 252 g/mol. The summed E-state index contributed by atoms with van der Waals surface area (Å²) >= 11 is 0. The van der Waals surface area contributed by atoms with Crippen molar-refractivity contribution < 1.29 is 14.3 Å². The Morgan fingerprint density at radius 1 is 1.35 bits per heavy atom. The van der Waals surface area contributed by atoms with Gasteiger partial charge >= 0.3 is 5.97 Å². The number of allylic oxidation sites excluding steroid dienone is 1. The first-order valence-electron chi connectivity index (χ1n) is 7.60. The lowest BCUT2D eigenvalue weighted by atomic mass is 9.68. The quantitative estimate of drug-likeness (QED) is 0.578. The predicted octanol–water partition coefficient (Wildman–Crippen LogP) is 4.06. The molecule has 114 valence electrons. The fourth-order valence-corrected chi connectivity index (χ4v) is 2.83. The van der Waals surface area contributed by atoms with Gasteiger partial charge in [0.05, 0.1) is 0 Å². The average Bonchev–Trinajstić information content (AvgIpc) is 2.33. The minimum atomic E-state index is -0.310. The highest BCUT2D eigenvalue weighted by Gasteiger charge is 2.39. The molecule has 1 aliphatic carbocycles. The van der Waals surface area contributed by atoms with Crippen LogP contribution in [0.1, 0.15) is 66.7 Å². The monoisotopic (exact) mass is 280 g/mol. The van der Waals surface area contributed by atoms with Crippen LogP contribution in [-0.2, 0) is 14.3 Å². The SMILES string of the molecule is CCC(=O)OC1/C=C/CC(C)(C(=O)C(C)(C)C)CCC1. The van der Waals surface area contributed by atoms with Gasteiger partial charge in [0.2, 0.25) is 0 Å². The molecule has 20 heavy (non-hydrogen) atoms. The van der Waals surface area contributed by atoms with E-state index in [1.807, 2.05) is 32.9 Å². The van der Waals surface area contributed by atoms with Gasteiger partial charge in [-0.1, -0.05) is 40.7 Å². The second-order valence-electron chi connectivity index (χ2n) is 7.05. The van der Waals surface area contributed by atoms with Gasteiger partial charge in [-0.2, -0.15) is 0 Å². The number of esters is 1. The van der Waals surface area contributed by atoms with Crippen LogP contribution in [0.15, 0.2) is 12.2 Å². The Balaban J connectivity index is 2.74. The first kappa shape index (κ1) is 16.9. The van der Waals surface area contributed by atoms with Crippen LogP contribution in [0, 0.1) is 10.8 Å². The molecule has 3 heteroatoms. The molecule has 0 aliphatic heterocycles. The predicted molar refractivity (Wildman–Crippen MR) is 80.3 cm³/mol. The molecule has 0 aromatic rings. The summed E-state index contributed by atoms with van der Waals surface area (Å²) in [5, 5.41) is 0. The Morgan fingerprint density at radius 3 is 2.55 bits per heavy atom. The van der Waals surface area contributed by atoms with Crippen molar-refractivity contribution in [2.24, 2.45) is 10.8 Å². The van der Waals surface area contributed by atoms with Crippen molar-refractivity contribution in [1.29, 1.82) is 0 Å². The molecule has 1 aliphatic rings. The average molecular weight is 280 g/mol. The van der Waals surface area contributed by atoms with Crippen LogP contribution in [0.3, 0.4) is 0 Å². The lowest BCUT2D eigenvalue weighted by Crippen LogP contribution is -2.37. The van der Waals surface area contributed by atoms with Gasteiger partial charge in [-0.25, -0.2) is 0 Å². The molecule has 0 spiro atoms. The highest BCUT2D eigenvalue weighted by Crippen LogP contribution is 2.38. The summed E-state index contributed by atoms with van der Waals surface area (Å²) < 4.78 is 5.36. The van der Waals surface area contributed by atoms with E-state index in [4.69, 9.17) is 4.74 Å². The summed E-state index contributed by atoms with van der Waals surface area (Å²) in [5.74, 6) is 0.160. The number of hydrogen-bond donors (Lipinski definition) is 0. The maximum absolute atomic E-state index is 12.6. The van der Waals surface area contributed by atoms with Gasteiger partial charge in [-0.3, -0.25) is 9.59 Å². The third-order valence-electron chi connectivity index (χ3n) is 3.94. The minimum Gasteiger partial charge on any atom is -0.458 e. The van der Waals surface area contributed by atoms with E-state index in [9.17, 15) is 9.59 Å². The molecule has 0 bridgehead atoms. The largest absolute Gasteiger partial charge is 0.458 e. The Kier molecular flexibility index (Phi) is 5.55. The van der Waals surface area contributed by atoms with E-state index in [0.717, 1.165) is 25.7 Å². The number of Topliss-reactive ketones (excluding diaryl/α,β-unsaturated/α-hetero) is 1. The fourth-order valence-electron chi connectivity index (χ4n) is 2.83. The van der Waals surface area contributed by atoms with Crippen LogP contribution < -0.4 is 0 Å². The first-order valence-corrected chi connectivity index (χ1v) is 7.60. The van der Waals surface area contributed by atoms with Gasteiger partial charge in [0.15, 0.2) is 0 Å². The van der Waals surface area contributed by atoms with Gasteiger partial charge in [0, 0.05) is 17.3 Å². The molecule has 2 atom stereocenters. The van der Waals surface area contributed by atoms with Crippen molar-refractivity contribution in [1.82, 2.24) is 0 Å². The van der Waals surface area contributed by atoms with Crippen molar-refractivity contribution in [3.8, 4) is 0 Å². The van der Waals surface area contributed by atoms with E-state index in [0.29, 0.717) is 12.2 Å². The molecule has 0 saturated heterocycles. The zero-order valence-corrected chi connectivity index (χ0v) is 13.5. The highest BCUT2D eigenvalue weighted by atomic mass is 16.5. The van der Waals surface area contributed by atoms with E-state index in [-0.39, 0.29) is 22.9 Å². The summed E-state index contributed by atoms with van der Waals surface area (Å²) in [6.07, 6.45) is 7.52. The summed E-state index contributed by atoms with van der Waals surface area (Å²) in [6.45, 7) is 9.80. The third-order valence-corrected chi connectivity index (χ3v) is 3.94. The molecule has 0 aromatic carbocycles. The summed E-state index contributed by atoms with van der Waals surface area (Å²) in [5.41, 5.74) is -0.607. The molecular formula is C17H28O3. The highest BCUT2D eigenvalue weighted by molar-refractivity contribution is 5.89.